The van der Waals surface area contributed by atoms with Crippen LogP contribution in [0.4, 0.5) is 13.2 Å². The van der Waals surface area contributed by atoms with Crippen LogP contribution in [0.3, 0.4) is 0 Å². The van der Waals surface area contributed by atoms with Crippen molar-refractivity contribution in [2.75, 3.05) is 13.1 Å². The van der Waals surface area contributed by atoms with E-state index < -0.39 is 11.9 Å². The van der Waals surface area contributed by atoms with Gasteiger partial charge in [0.05, 0.1) is 11.6 Å². The van der Waals surface area contributed by atoms with Crippen molar-refractivity contribution in [1.82, 2.24) is 24.1 Å². The van der Waals surface area contributed by atoms with Crippen molar-refractivity contribution in [3.63, 3.8) is 0 Å². The van der Waals surface area contributed by atoms with Crippen LogP contribution in [-0.4, -0.2) is 43.1 Å². The van der Waals surface area contributed by atoms with Gasteiger partial charge in [-0.3, -0.25) is 13.9 Å². The summed E-state index contributed by atoms with van der Waals surface area (Å²) in [6, 6.07) is 6.16. The Bertz CT molecular complexity index is 996. The summed E-state index contributed by atoms with van der Waals surface area (Å²) in [6.07, 6.45) is -0.0544. The first-order valence-electron chi connectivity index (χ1n) is 8.39. The molecule has 10 heteroatoms. The molecule has 3 aromatic heterocycles. The topological polar surface area (TPSA) is 55.4 Å². The van der Waals surface area contributed by atoms with Gasteiger partial charge >= 0.3 is 6.18 Å². The number of rotatable bonds is 2. The molecule has 0 bridgehead atoms. The molecule has 1 atom stereocenters. The first-order chi connectivity index (χ1) is 12.8. The van der Waals surface area contributed by atoms with Gasteiger partial charge < -0.3 is 4.90 Å². The van der Waals surface area contributed by atoms with Crippen LogP contribution in [0.2, 0.25) is 0 Å². The molecule has 0 radical (unpaired) electrons. The standard InChI is InChI=1S/C17H15BrF3N5O/c18-14-12-5-1-2-8-25(12)15(22-14)16(27)24-7-3-4-11(10-24)26-9-6-13(23-26)17(19,20)21/h1-2,5-6,8-9,11H,3-4,7,10H2. The number of likely N-dealkylation sites (tertiary alicyclic amines) is 1. The molecule has 0 saturated carbocycles. The van der Waals surface area contributed by atoms with E-state index in [-0.39, 0.29) is 24.3 Å². The summed E-state index contributed by atoms with van der Waals surface area (Å²) < 4.78 is 41.9. The maximum Gasteiger partial charge on any atom is 0.435 e. The maximum atomic E-state index is 13.0. The second kappa shape index (κ2) is 6.66. The summed E-state index contributed by atoms with van der Waals surface area (Å²) in [5, 5.41) is 3.65. The van der Waals surface area contributed by atoms with Gasteiger partial charge in [-0.2, -0.15) is 18.3 Å². The Morgan fingerprint density at radius 3 is 2.78 bits per heavy atom. The Morgan fingerprint density at radius 2 is 2.04 bits per heavy atom. The molecule has 3 aromatic rings. The number of imidazole rings is 1. The fraction of sp³-hybridized carbons (Fsp3) is 0.353. The monoisotopic (exact) mass is 441 g/mol. The highest BCUT2D eigenvalue weighted by Gasteiger charge is 2.35. The summed E-state index contributed by atoms with van der Waals surface area (Å²) in [5.41, 5.74) is -0.148. The zero-order chi connectivity index (χ0) is 19.2. The number of piperidine rings is 1. The van der Waals surface area contributed by atoms with E-state index in [0.717, 1.165) is 11.6 Å². The quantitative estimate of drug-likeness (QED) is 0.607. The lowest BCUT2D eigenvalue weighted by atomic mass is 10.1. The van der Waals surface area contributed by atoms with Crippen molar-refractivity contribution in [2.45, 2.75) is 25.1 Å². The van der Waals surface area contributed by atoms with E-state index >= 15 is 0 Å². The molecule has 0 aliphatic carbocycles. The van der Waals surface area contributed by atoms with E-state index in [4.69, 9.17) is 0 Å². The lowest BCUT2D eigenvalue weighted by Crippen LogP contribution is -2.41. The van der Waals surface area contributed by atoms with Crippen molar-refractivity contribution in [3.05, 3.63) is 52.8 Å². The normalized spacial score (nSPS) is 18.2. The smallest absolute Gasteiger partial charge is 0.334 e. The fourth-order valence-electron chi connectivity index (χ4n) is 3.34. The van der Waals surface area contributed by atoms with E-state index in [1.165, 1.54) is 10.9 Å². The number of amides is 1. The van der Waals surface area contributed by atoms with Gasteiger partial charge in [0.1, 0.15) is 4.60 Å². The molecule has 1 aliphatic heterocycles. The second-order valence-electron chi connectivity index (χ2n) is 6.41. The van der Waals surface area contributed by atoms with Crippen LogP contribution in [0.15, 0.2) is 41.3 Å². The third-order valence-corrected chi connectivity index (χ3v) is 5.23. The molecular weight excluding hydrogens is 427 g/mol. The number of alkyl halides is 3. The highest BCUT2D eigenvalue weighted by atomic mass is 79.9. The van der Waals surface area contributed by atoms with Gasteiger partial charge in [-0.25, -0.2) is 4.98 Å². The molecule has 1 unspecified atom stereocenters. The zero-order valence-electron chi connectivity index (χ0n) is 14.0. The Hall–Kier alpha value is -2.36. The predicted molar refractivity (Wildman–Crippen MR) is 94.3 cm³/mol. The van der Waals surface area contributed by atoms with Gasteiger partial charge in [-0.15, -0.1) is 0 Å². The molecule has 1 amide bonds. The Balaban J connectivity index is 1.57. The number of carbonyl (C=O) groups excluding carboxylic acids is 1. The van der Waals surface area contributed by atoms with Gasteiger partial charge in [0, 0.05) is 25.5 Å². The van der Waals surface area contributed by atoms with Gasteiger partial charge in [-0.05, 0) is 47.0 Å². The van der Waals surface area contributed by atoms with Gasteiger partial charge in [0.2, 0.25) is 5.82 Å². The van der Waals surface area contributed by atoms with Crippen molar-refractivity contribution in [1.29, 1.82) is 0 Å². The molecule has 1 saturated heterocycles. The average Bonchev–Trinajstić information content (AvgIpc) is 3.27. The molecule has 0 N–H and O–H groups in total. The van der Waals surface area contributed by atoms with Crippen LogP contribution < -0.4 is 0 Å². The molecule has 142 valence electrons. The molecule has 0 aromatic carbocycles. The predicted octanol–water partition coefficient (Wildman–Crippen LogP) is 3.79. The lowest BCUT2D eigenvalue weighted by Gasteiger charge is -2.32. The maximum absolute atomic E-state index is 13.0. The molecule has 4 rings (SSSR count). The summed E-state index contributed by atoms with van der Waals surface area (Å²) in [7, 11) is 0. The van der Waals surface area contributed by atoms with Gasteiger partial charge in [0.25, 0.3) is 5.91 Å². The minimum Gasteiger partial charge on any atom is -0.334 e. The first-order valence-corrected chi connectivity index (χ1v) is 9.18. The Kier molecular flexibility index (Phi) is 4.45. The van der Waals surface area contributed by atoms with Gasteiger partial charge in [-0.1, -0.05) is 6.07 Å². The molecular formula is C17H15BrF3N5O. The molecule has 27 heavy (non-hydrogen) atoms. The van der Waals surface area contributed by atoms with E-state index in [1.807, 2.05) is 12.1 Å². The van der Waals surface area contributed by atoms with Crippen LogP contribution in [0.1, 0.15) is 35.2 Å². The van der Waals surface area contributed by atoms with E-state index in [2.05, 4.69) is 26.0 Å². The van der Waals surface area contributed by atoms with Crippen LogP contribution in [0.5, 0.6) is 0 Å². The lowest BCUT2D eigenvalue weighted by molar-refractivity contribution is -0.141. The molecule has 0 spiro atoms. The third-order valence-electron chi connectivity index (χ3n) is 4.65. The van der Waals surface area contributed by atoms with Crippen molar-refractivity contribution >= 4 is 27.4 Å². The van der Waals surface area contributed by atoms with Crippen LogP contribution in [-0.2, 0) is 6.18 Å². The van der Waals surface area contributed by atoms with Crippen LogP contribution >= 0.6 is 15.9 Å². The number of aromatic nitrogens is 4. The average molecular weight is 442 g/mol. The molecule has 1 aliphatic rings. The minimum absolute atomic E-state index is 0.255. The summed E-state index contributed by atoms with van der Waals surface area (Å²) in [5.74, 6) is 0.0179. The second-order valence-corrected chi connectivity index (χ2v) is 7.16. The largest absolute Gasteiger partial charge is 0.435 e. The van der Waals surface area contributed by atoms with Crippen LogP contribution in [0.25, 0.3) is 5.52 Å². The van der Waals surface area contributed by atoms with E-state index in [9.17, 15) is 18.0 Å². The number of carbonyl (C=O) groups is 1. The number of nitrogens with zero attached hydrogens (tertiary/aromatic N) is 5. The molecule has 6 nitrogen and oxygen atoms in total. The van der Waals surface area contributed by atoms with Crippen molar-refractivity contribution in [3.8, 4) is 0 Å². The van der Waals surface area contributed by atoms with Crippen molar-refractivity contribution < 1.29 is 18.0 Å². The Labute approximate surface area is 160 Å². The number of pyridine rings is 1. The highest BCUT2D eigenvalue weighted by Crippen LogP contribution is 2.30. The highest BCUT2D eigenvalue weighted by molar-refractivity contribution is 9.10. The number of hydrogen-bond donors (Lipinski definition) is 0. The number of hydrogen-bond acceptors (Lipinski definition) is 3. The molecule has 4 heterocycles. The summed E-state index contributed by atoms with van der Waals surface area (Å²) >= 11 is 3.36. The number of fused-ring (bicyclic) bond motifs is 1. The summed E-state index contributed by atoms with van der Waals surface area (Å²) in [6.45, 7) is 0.819. The third kappa shape index (κ3) is 3.33. The van der Waals surface area contributed by atoms with Crippen molar-refractivity contribution in [2.24, 2.45) is 0 Å². The first kappa shape index (κ1) is 18.0. The summed E-state index contributed by atoms with van der Waals surface area (Å²) in [4.78, 5) is 18.9. The minimum atomic E-state index is -4.48. The van der Waals surface area contributed by atoms with Gasteiger partial charge in [0.15, 0.2) is 5.69 Å². The zero-order valence-corrected chi connectivity index (χ0v) is 15.6. The van der Waals surface area contributed by atoms with E-state index in [1.54, 1.807) is 21.6 Å². The SMILES string of the molecule is O=C(c1nc(Br)c2ccccn12)N1CCCC(n2ccc(C(F)(F)F)n2)C1. The van der Waals surface area contributed by atoms with Crippen LogP contribution in [0, 0.1) is 0 Å². The fourth-order valence-corrected chi connectivity index (χ4v) is 3.83. The molecule has 1 fully saturated rings. The Morgan fingerprint density at radius 1 is 1.22 bits per heavy atom. The number of halogens is 4. The van der Waals surface area contributed by atoms with E-state index in [0.29, 0.717) is 24.0 Å².